The maximum Gasteiger partial charge on any atom is 0.475 e. The average Bonchev–Trinajstić information content (AvgIpc) is 2.67. The summed E-state index contributed by atoms with van der Waals surface area (Å²) in [6, 6.07) is 15.0. The molecule has 2 rings (SSSR count). The Morgan fingerprint density at radius 1 is 1.03 bits per heavy atom. The van der Waals surface area contributed by atoms with Crippen LogP contribution >= 0.6 is 11.6 Å². The summed E-state index contributed by atoms with van der Waals surface area (Å²) in [5, 5.41) is 25.1. The van der Waals surface area contributed by atoms with Gasteiger partial charge in [-0.05, 0) is 42.2 Å². The standard InChI is InChI=1S/C21H26BClN2O4/c1-14(2)11-19(22(28)29)25-20(26)13-18(16-9-6-10-17(23)12-16)24-21(27)15-7-4-3-5-8-15/h3-10,12,14,18-19,28-29H,11,13H2,1-2H3,(H,24,27)(H,25,26). The van der Waals surface area contributed by atoms with E-state index in [1.54, 1.807) is 48.5 Å². The van der Waals surface area contributed by atoms with Gasteiger partial charge in [-0.2, -0.15) is 0 Å². The molecule has 2 aromatic rings. The van der Waals surface area contributed by atoms with Gasteiger partial charge in [0.05, 0.1) is 18.4 Å². The lowest BCUT2D eigenvalue weighted by atomic mass is 9.75. The minimum atomic E-state index is -1.66. The van der Waals surface area contributed by atoms with Crippen LogP contribution in [0, 0.1) is 5.92 Å². The SMILES string of the molecule is CC(C)CC(NC(=O)CC(NC(=O)c1ccccc1)c1cccc(Cl)c1)B(O)O. The van der Waals surface area contributed by atoms with Crippen molar-refractivity contribution in [1.82, 2.24) is 10.6 Å². The molecule has 2 unspecified atom stereocenters. The third kappa shape index (κ3) is 7.53. The van der Waals surface area contributed by atoms with E-state index in [1.807, 2.05) is 19.9 Å². The van der Waals surface area contributed by atoms with Crippen molar-refractivity contribution in [2.24, 2.45) is 5.92 Å². The molecule has 154 valence electrons. The maximum atomic E-state index is 12.6. The number of hydrogen-bond acceptors (Lipinski definition) is 4. The first-order valence-electron chi connectivity index (χ1n) is 9.53. The van der Waals surface area contributed by atoms with Crippen LogP contribution in [0.4, 0.5) is 0 Å². The number of rotatable bonds is 9. The summed E-state index contributed by atoms with van der Waals surface area (Å²) in [5.74, 6) is -1.33. The van der Waals surface area contributed by atoms with Crippen molar-refractivity contribution in [3.8, 4) is 0 Å². The fraction of sp³-hybridized carbons (Fsp3) is 0.333. The van der Waals surface area contributed by atoms with Crippen molar-refractivity contribution in [2.45, 2.75) is 38.7 Å². The molecular formula is C21H26BClN2O4. The number of benzene rings is 2. The summed E-state index contributed by atoms with van der Waals surface area (Å²) in [6.07, 6.45) is 0.349. The van der Waals surface area contributed by atoms with E-state index in [4.69, 9.17) is 11.6 Å². The molecule has 0 saturated carbocycles. The van der Waals surface area contributed by atoms with Gasteiger partial charge in [0, 0.05) is 10.6 Å². The summed E-state index contributed by atoms with van der Waals surface area (Å²) < 4.78 is 0. The summed E-state index contributed by atoms with van der Waals surface area (Å²) in [7, 11) is -1.66. The van der Waals surface area contributed by atoms with E-state index in [2.05, 4.69) is 10.6 Å². The van der Waals surface area contributed by atoms with Crippen LogP contribution in [0.5, 0.6) is 0 Å². The second-order valence-corrected chi connectivity index (χ2v) is 7.80. The Hall–Kier alpha value is -2.35. The number of halogens is 1. The normalized spacial score (nSPS) is 12.9. The molecule has 0 radical (unpaired) electrons. The Morgan fingerprint density at radius 3 is 2.31 bits per heavy atom. The molecule has 2 aromatic carbocycles. The molecule has 4 N–H and O–H groups in total. The van der Waals surface area contributed by atoms with Crippen molar-refractivity contribution in [1.29, 1.82) is 0 Å². The molecule has 0 aliphatic rings. The molecule has 2 atom stereocenters. The number of carbonyl (C=O) groups is 2. The van der Waals surface area contributed by atoms with Crippen molar-refractivity contribution in [3.63, 3.8) is 0 Å². The Kier molecular flexibility index (Phi) is 8.70. The van der Waals surface area contributed by atoms with Gasteiger partial charge < -0.3 is 20.7 Å². The highest BCUT2D eigenvalue weighted by molar-refractivity contribution is 6.43. The molecule has 0 spiro atoms. The molecule has 0 aromatic heterocycles. The topological polar surface area (TPSA) is 98.7 Å². The molecule has 0 aliphatic heterocycles. The third-order valence-electron chi connectivity index (χ3n) is 4.41. The number of nitrogens with one attached hydrogen (secondary N) is 2. The van der Waals surface area contributed by atoms with Gasteiger partial charge >= 0.3 is 7.12 Å². The van der Waals surface area contributed by atoms with Crippen molar-refractivity contribution in [2.75, 3.05) is 0 Å². The minimum Gasteiger partial charge on any atom is -0.426 e. The Bertz CT molecular complexity index is 817. The molecule has 0 heterocycles. The maximum absolute atomic E-state index is 12.6. The van der Waals surface area contributed by atoms with Gasteiger partial charge in [-0.3, -0.25) is 9.59 Å². The summed E-state index contributed by atoms with van der Waals surface area (Å²) >= 11 is 6.08. The number of amides is 2. The molecule has 0 fully saturated rings. The van der Waals surface area contributed by atoms with E-state index >= 15 is 0 Å². The Morgan fingerprint density at radius 2 is 1.72 bits per heavy atom. The zero-order valence-corrected chi connectivity index (χ0v) is 17.3. The Balaban J connectivity index is 2.16. The molecule has 29 heavy (non-hydrogen) atoms. The monoisotopic (exact) mass is 416 g/mol. The smallest absolute Gasteiger partial charge is 0.426 e. The fourth-order valence-electron chi connectivity index (χ4n) is 3.02. The first-order valence-corrected chi connectivity index (χ1v) is 9.91. The van der Waals surface area contributed by atoms with E-state index in [0.29, 0.717) is 22.6 Å². The predicted octanol–water partition coefficient (Wildman–Crippen LogP) is 2.74. The minimum absolute atomic E-state index is 0.0692. The van der Waals surface area contributed by atoms with Crippen molar-refractivity contribution < 1.29 is 19.6 Å². The molecular weight excluding hydrogens is 391 g/mol. The summed E-state index contributed by atoms with van der Waals surface area (Å²) in [4.78, 5) is 25.2. The molecule has 0 saturated heterocycles. The van der Waals surface area contributed by atoms with Gasteiger partial charge in [0.15, 0.2) is 0 Å². The third-order valence-corrected chi connectivity index (χ3v) is 4.65. The fourth-order valence-corrected chi connectivity index (χ4v) is 3.22. The van der Waals surface area contributed by atoms with Crippen LogP contribution in [-0.4, -0.2) is 34.9 Å². The largest absolute Gasteiger partial charge is 0.475 e. The first kappa shape index (κ1) is 22.9. The molecule has 0 bridgehead atoms. The van der Waals surface area contributed by atoms with Gasteiger partial charge in [0.25, 0.3) is 5.91 Å². The van der Waals surface area contributed by atoms with Crippen LogP contribution in [0.3, 0.4) is 0 Å². The van der Waals surface area contributed by atoms with E-state index in [-0.39, 0.29) is 18.2 Å². The Labute approximate surface area is 176 Å². The van der Waals surface area contributed by atoms with Crippen LogP contribution < -0.4 is 10.6 Å². The molecule has 0 aliphatic carbocycles. The van der Waals surface area contributed by atoms with E-state index < -0.39 is 25.0 Å². The second kappa shape index (κ2) is 11.0. The average molecular weight is 417 g/mol. The van der Waals surface area contributed by atoms with Crippen LogP contribution in [0.25, 0.3) is 0 Å². The van der Waals surface area contributed by atoms with Crippen LogP contribution in [0.15, 0.2) is 54.6 Å². The summed E-state index contributed by atoms with van der Waals surface area (Å²) in [5.41, 5.74) is 1.16. The molecule has 8 heteroatoms. The molecule has 6 nitrogen and oxygen atoms in total. The highest BCUT2D eigenvalue weighted by atomic mass is 35.5. The zero-order chi connectivity index (χ0) is 21.4. The first-order chi connectivity index (χ1) is 13.8. The van der Waals surface area contributed by atoms with Crippen LogP contribution in [0.2, 0.25) is 5.02 Å². The van der Waals surface area contributed by atoms with Crippen LogP contribution in [-0.2, 0) is 4.79 Å². The second-order valence-electron chi connectivity index (χ2n) is 7.37. The lowest BCUT2D eigenvalue weighted by molar-refractivity contribution is -0.122. The number of hydrogen-bond donors (Lipinski definition) is 4. The van der Waals surface area contributed by atoms with Gasteiger partial charge in [0.2, 0.25) is 5.91 Å². The summed E-state index contributed by atoms with van der Waals surface area (Å²) in [6.45, 7) is 3.85. The van der Waals surface area contributed by atoms with Gasteiger partial charge in [-0.25, -0.2) is 0 Å². The predicted molar refractivity (Wildman–Crippen MR) is 114 cm³/mol. The lowest BCUT2D eigenvalue weighted by Crippen LogP contribution is -2.48. The lowest BCUT2D eigenvalue weighted by Gasteiger charge is -2.23. The van der Waals surface area contributed by atoms with E-state index in [1.165, 1.54) is 0 Å². The van der Waals surface area contributed by atoms with E-state index in [9.17, 15) is 19.6 Å². The van der Waals surface area contributed by atoms with E-state index in [0.717, 1.165) is 0 Å². The quantitative estimate of drug-likeness (QED) is 0.472. The number of carbonyl (C=O) groups excluding carboxylic acids is 2. The zero-order valence-electron chi connectivity index (χ0n) is 16.5. The highest BCUT2D eigenvalue weighted by Crippen LogP contribution is 2.21. The van der Waals surface area contributed by atoms with Crippen LogP contribution in [0.1, 0.15) is 48.7 Å². The van der Waals surface area contributed by atoms with Gasteiger partial charge in [0.1, 0.15) is 0 Å². The van der Waals surface area contributed by atoms with Gasteiger partial charge in [-0.1, -0.05) is 55.8 Å². The van der Waals surface area contributed by atoms with Gasteiger partial charge in [-0.15, -0.1) is 0 Å². The molecule has 2 amide bonds. The van der Waals surface area contributed by atoms with Crippen molar-refractivity contribution >= 4 is 30.5 Å². The highest BCUT2D eigenvalue weighted by Gasteiger charge is 2.28. The van der Waals surface area contributed by atoms with Crippen molar-refractivity contribution in [3.05, 3.63) is 70.7 Å².